The molecule has 4 heteroatoms. The number of carbonyl (C=O) groups is 1. The second-order valence-electron chi connectivity index (χ2n) is 7.08. The lowest BCUT2D eigenvalue weighted by molar-refractivity contribution is -0.0823. The fraction of sp³-hybridized carbons (Fsp3) is 0.450. The van der Waals surface area contributed by atoms with Crippen molar-refractivity contribution >= 4 is 16.7 Å². The van der Waals surface area contributed by atoms with E-state index in [9.17, 15) is 9.90 Å². The van der Waals surface area contributed by atoms with Crippen molar-refractivity contribution in [2.24, 2.45) is 0 Å². The maximum atomic E-state index is 12.7. The van der Waals surface area contributed by atoms with E-state index < -0.39 is 0 Å². The number of phenols is 1. The topological polar surface area (TPSA) is 58.6 Å². The number of ether oxygens (including phenoxy) is 1. The molecule has 2 N–H and O–H groups in total. The lowest BCUT2D eigenvalue weighted by Crippen LogP contribution is -2.47. The van der Waals surface area contributed by atoms with Crippen LogP contribution in [0.2, 0.25) is 0 Å². The standard InChI is InChI=1S/C20H23NO3/c22-18-16-6-2-1-5-14(16)7-8-17(18)19(23)21-15-9-12-24-20(13-15)10-3-4-11-20/h1-2,5-8,15,22H,3-4,9-13H2,(H,21,23). The fourth-order valence-electron chi connectivity index (χ4n) is 4.22. The zero-order valence-electron chi connectivity index (χ0n) is 13.8. The summed E-state index contributed by atoms with van der Waals surface area (Å²) < 4.78 is 6.02. The van der Waals surface area contributed by atoms with E-state index in [2.05, 4.69) is 5.32 Å². The Morgan fingerprint density at radius 1 is 1.17 bits per heavy atom. The molecule has 1 saturated carbocycles. The average molecular weight is 325 g/mol. The summed E-state index contributed by atoms with van der Waals surface area (Å²) in [6.07, 6.45) is 6.34. The maximum absolute atomic E-state index is 12.7. The molecular weight excluding hydrogens is 302 g/mol. The van der Waals surface area contributed by atoms with E-state index in [0.717, 1.165) is 31.1 Å². The summed E-state index contributed by atoms with van der Waals surface area (Å²) in [7, 11) is 0. The van der Waals surface area contributed by atoms with Crippen LogP contribution in [-0.4, -0.2) is 29.3 Å². The van der Waals surface area contributed by atoms with Gasteiger partial charge in [0.1, 0.15) is 5.75 Å². The monoisotopic (exact) mass is 325 g/mol. The van der Waals surface area contributed by atoms with Crippen LogP contribution in [0.5, 0.6) is 5.75 Å². The van der Waals surface area contributed by atoms with Crippen molar-refractivity contribution in [2.45, 2.75) is 50.2 Å². The summed E-state index contributed by atoms with van der Waals surface area (Å²) in [5.41, 5.74) is 0.322. The molecule has 0 bridgehead atoms. The maximum Gasteiger partial charge on any atom is 0.255 e. The highest BCUT2D eigenvalue weighted by atomic mass is 16.5. The van der Waals surface area contributed by atoms with Crippen molar-refractivity contribution < 1.29 is 14.6 Å². The quantitative estimate of drug-likeness (QED) is 0.884. The smallest absolute Gasteiger partial charge is 0.255 e. The van der Waals surface area contributed by atoms with Crippen LogP contribution in [0.25, 0.3) is 10.8 Å². The first-order chi connectivity index (χ1) is 11.7. The number of amides is 1. The lowest BCUT2D eigenvalue weighted by atomic mass is 9.88. The van der Waals surface area contributed by atoms with Crippen LogP contribution >= 0.6 is 0 Å². The Morgan fingerprint density at radius 2 is 1.96 bits per heavy atom. The number of fused-ring (bicyclic) bond motifs is 1. The summed E-state index contributed by atoms with van der Waals surface area (Å²) in [4.78, 5) is 12.7. The van der Waals surface area contributed by atoms with Crippen LogP contribution in [0.15, 0.2) is 36.4 Å². The van der Waals surface area contributed by atoms with Crippen molar-refractivity contribution in [3.05, 3.63) is 42.0 Å². The molecule has 1 unspecified atom stereocenters. The zero-order valence-corrected chi connectivity index (χ0v) is 13.8. The number of aromatic hydroxyl groups is 1. The Morgan fingerprint density at radius 3 is 2.79 bits per heavy atom. The molecule has 1 spiro atoms. The van der Waals surface area contributed by atoms with Gasteiger partial charge in [-0.1, -0.05) is 43.2 Å². The highest BCUT2D eigenvalue weighted by Crippen LogP contribution is 2.40. The van der Waals surface area contributed by atoms with Crippen molar-refractivity contribution in [1.29, 1.82) is 0 Å². The Hall–Kier alpha value is -2.07. The van der Waals surface area contributed by atoms with E-state index in [1.165, 1.54) is 12.8 Å². The number of carbonyl (C=O) groups excluding carboxylic acids is 1. The minimum Gasteiger partial charge on any atom is -0.506 e. The molecule has 0 radical (unpaired) electrons. The number of hydrogen-bond donors (Lipinski definition) is 2. The van der Waals surface area contributed by atoms with Gasteiger partial charge >= 0.3 is 0 Å². The van der Waals surface area contributed by atoms with E-state index in [1.54, 1.807) is 6.07 Å². The largest absolute Gasteiger partial charge is 0.506 e. The van der Waals surface area contributed by atoms with Gasteiger partial charge in [-0.2, -0.15) is 0 Å². The van der Waals surface area contributed by atoms with E-state index in [-0.39, 0.29) is 23.3 Å². The van der Waals surface area contributed by atoms with Gasteiger partial charge in [0.2, 0.25) is 0 Å². The third-order valence-corrected chi connectivity index (χ3v) is 5.49. The summed E-state index contributed by atoms with van der Waals surface area (Å²) in [5.74, 6) is -0.133. The lowest BCUT2D eigenvalue weighted by Gasteiger charge is -2.38. The molecule has 126 valence electrons. The molecule has 1 saturated heterocycles. The summed E-state index contributed by atoms with van der Waals surface area (Å²) in [5, 5.41) is 15.2. The predicted octanol–water partition coefficient (Wildman–Crippen LogP) is 3.77. The van der Waals surface area contributed by atoms with Crippen molar-refractivity contribution in [2.75, 3.05) is 6.61 Å². The summed E-state index contributed by atoms with van der Waals surface area (Å²) >= 11 is 0. The Labute approximate surface area is 141 Å². The van der Waals surface area contributed by atoms with Crippen LogP contribution in [0, 0.1) is 0 Å². The van der Waals surface area contributed by atoms with Crippen molar-refractivity contribution in [1.82, 2.24) is 5.32 Å². The van der Waals surface area contributed by atoms with E-state index in [1.807, 2.05) is 30.3 Å². The molecule has 1 aliphatic carbocycles. The highest BCUT2D eigenvalue weighted by Gasteiger charge is 2.40. The van der Waals surface area contributed by atoms with Crippen LogP contribution in [0.1, 0.15) is 48.9 Å². The molecule has 2 aromatic rings. The number of nitrogens with one attached hydrogen (secondary N) is 1. The fourth-order valence-corrected chi connectivity index (χ4v) is 4.22. The second kappa shape index (κ2) is 6.10. The molecule has 24 heavy (non-hydrogen) atoms. The first kappa shape index (κ1) is 15.5. The van der Waals surface area contributed by atoms with Crippen LogP contribution in [-0.2, 0) is 4.74 Å². The average Bonchev–Trinajstić information content (AvgIpc) is 3.03. The third-order valence-electron chi connectivity index (χ3n) is 5.49. The van der Waals surface area contributed by atoms with E-state index >= 15 is 0 Å². The summed E-state index contributed by atoms with van der Waals surface area (Å²) in [6.45, 7) is 0.703. The van der Waals surface area contributed by atoms with Gasteiger partial charge in [-0.15, -0.1) is 0 Å². The third kappa shape index (κ3) is 2.75. The van der Waals surface area contributed by atoms with Gasteiger partial charge in [-0.25, -0.2) is 0 Å². The molecule has 2 fully saturated rings. The van der Waals surface area contributed by atoms with E-state index in [0.29, 0.717) is 17.6 Å². The molecule has 1 amide bonds. The molecule has 1 aliphatic heterocycles. The highest BCUT2D eigenvalue weighted by molar-refractivity contribution is 6.03. The first-order valence-corrected chi connectivity index (χ1v) is 8.82. The van der Waals surface area contributed by atoms with Gasteiger partial charge < -0.3 is 15.2 Å². The Bertz CT molecular complexity index is 765. The minimum atomic E-state index is -0.196. The molecule has 0 aromatic heterocycles. The number of hydrogen-bond acceptors (Lipinski definition) is 3. The molecule has 1 atom stereocenters. The van der Waals surface area contributed by atoms with Gasteiger partial charge in [0.15, 0.2) is 0 Å². The van der Waals surface area contributed by atoms with Gasteiger partial charge in [-0.3, -0.25) is 4.79 Å². The molecule has 4 nitrogen and oxygen atoms in total. The Balaban J connectivity index is 1.53. The Kier molecular flexibility index (Phi) is 3.93. The van der Waals surface area contributed by atoms with Crippen molar-refractivity contribution in [3.63, 3.8) is 0 Å². The molecule has 4 rings (SSSR count). The normalized spacial score (nSPS) is 22.8. The molecule has 1 heterocycles. The molecule has 2 aromatic carbocycles. The van der Waals surface area contributed by atoms with Gasteiger partial charge in [0.25, 0.3) is 5.91 Å². The van der Waals surface area contributed by atoms with Crippen molar-refractivity contribution in [3.8, 4) is 5.75 Å². The predicted molar refractivity (Wildman–Crippen MR) is 93.3 cm³/mol. The van der Waals surface area contributed by atoms with Crippen LogP contribution in [0.3, 0.4) is 0 Å². The SMILES string of the molecule is O=C(NC1CCOC2(CCCC2)C1)c1ccc2ccccc2c1O. The molecule has 2 aliphatic rings. The number of benzene rings is 2. The van der Waals surface area contributed by atoms with Gasteiger partial charge in [-0.05, 0) is 37.1 Å². The zero-order chi connectivity index (χ0) is 16.6. The van der Waals surface area contributed by atoms with Gasteiger partial charge in [0.05, 0.1) is 11.2 Å². The molecular formula is C20H23NO3. The first-order valence-electron chi connectivity index (χ1n) is 8.82. The summed E-state index contributed by atoms with van der Waals surface area (Å²) in [6, 6.07) is 11.3. The van der Waals surface area contributed by atoms with Gasteiger partial charge in [0, 0.05) is 18.0 Å². The number of phenolic OH excluding ortho intramolecular Hbond substituents is 1. The number of rotatable bonds is 2. The second-order valence-corrected chi connectivity index (χ2v) is 7.08. The van der Waals surface area contributed by atoms with Crippen LogP contribution in [0.4, 0.5) is 0 Å². The van der Waals surface area contributed by atoms with Crippen LogP contribution < -0.4 is 5.32 Å². The van der Waals surface area contributed by atoms with E-state index in [4.69, 9.17) is 4.74 Å². The minimum absolute atomic E-state index is 0.0262.